The van der Waals surface area contributed by atoms with Crippen LogP contribution >= 0.6 is 7.37 Å². The van der Waals surface area contributed by atoms with E-state index in [-0.39, 0.29) is 35.7 Å². The largest absolute Gasteiger partial charge is 0.388 e. The molecule has 28 heavy (non-hydrogen) atoms. The highest BCUT2D eigenvalue weighted by atomic mass is 31.2. The Balaban J connectivity index is 2.08. The SMILES string of the molecule is CCOP(C)(=O)c1nc(N(C2CCCCC2)C2CCCCC2)oc(=O)c1C#N. The van der Waals surface area contributed by atoms with Crippen LogP contribution in [-0.4, -0.2) is 30.3 Å². The van der Waals surface area contributed by atoms with Crippen LogP contribution in [0.1, 0.15) is 76.7 Å². The molecule has 0 amide bonds. The molecule has 2 saturated carbocycles. The molecule has 0 N–H and O–H groups in total. The zero-order chi connectivity index (χ0) is 20.1. The third-order valence-electron chi connectivity index (χ3n) is 5.84. The number of nitrogens with zero attached hydrogens (tertiary/aromatic N) is 3. The maximum absolute atomic E-state index is 13.0. The second-order valence-corrected chi connectivity index (χ2v) is 10.2. The summed E-state index contributed by atoms with van der Waals surface area (Å²) < 4.78 is 24.0. The molecular weight excluding hydrogens is 377 g/mol. The lowest BCUT2D eigenvalue weighted by atomic mass is 9.89. The van der Waals surface area contributed by atoms with Crippen molar-refractivity contribution in [2.24, 2.45) is 0 Å². The molecular formula is C20H30N3O4P. The van der Waals surface area contributed by atoms with Crippen molar-refractivity contribution < 1.29 is 13.5 Å². The van der Waals surface area contributed by atoms with Crippen LogP contribution in [0.4, 0.5) is 6.01 Å². The van der Waals surface area contributed by atoms with Crippen molar-refractivity contribution in [2.45, 2.75) is 83.2 Å². The summed E-state index contributed by atoms with van der Waals surface area (Å²) in [5, 5.41) is 9.42. The van der Waals surface area contributed by atoms with Crippen molar-refractivity contribution in [1.82, 2.24) is 4.98 Å². The van der Waals surface area contributed by atoms with Crippen LogP contribution in [0.25, 0.3) is 0 Å². The summed E-state index contributed by atoms with van der Waals surface area (Å²) >= 11 is 0. The van der Waals surface area contributed by atoms with E-state index in [1.54, 1.807) is 6.92 Å². The summed E-state index contributed by atoms with van der Waals surface area (Å²) in [6, 6.07) is 2.54. The van der Waals surface area contributed by atoms with Gasteiger partial charge in [-0.1, -0.05) is 38.5 Å². The second-order valence-electron chi connectivity index (χ2n) is 7.85. The molecule has 7 nitrogen and oxygen atoms in total. The van der Waals surface area contributed by atoms with E-state index >= 15 is 0 Å². The number of anilines is 1. The topological polar surface area (TPSA) is 96.4 Å². The van der Waals surface area contributed by atoms with E-state index in [0.717, 1.165) is 51.4 Å². The summed E-state index contributed by atoms with van der Waals surface area (Å²) in [4.78, 5) is 19.2. The highest BCUT2D eigenvalue weighted by molar-refractivity contribution is 7.66. The molecule has 2 fully saturated rings. The number of nitriles is 1. The van der Waals surface area contributed by atoms with Crippen molar-refractivity contribution in [1.29, 1.82) is 5.26 Å². The third-order valence-corrected chi connectivity index (χ3v) is 7.69. The minimum atomic E-state index is -3.39. The van der Waals surface area contributed by atoms with Gasteiger partial charge in [0.15, 0.2) is 11.0 Å². The Bertz CT molecular complexity index is 802. The van der Waals surface area contributed by atoms with Crippen molar-refractivity contribution in [2.75, 3.05) is 18.2 Å². The highest BCUT2D eigenvalue weighted by Crippen LogP contribution is 2.42. The normalized spacial score (nSPS) is 21.0. The lowest BCUT2D eigenvalue weighted by Crippen LogP contribution is -2.47. The van der Waals surface area contributed by atoms with Gasteiger partial charge in [0.05, 0.1) is 6.61 Å². The number of hydrogen-bond donors (Lipinski definition) is 0. The van der Waals surface area contributed by atoms with Gasteiger partial charge >= 0.3 is 11.6 Å². The average molecular weight is 407 g/mol. The minimum Gasteiger partial charge on any atom is -0.388 e. The predicted molar refractivity (Wildman–Crippen MR) is 109 cm³/mol. The molecule has 3 rings (SSSR count). The van der Waals surface area contributed by atoms with E-state index in [0.29, 0.717) is 0 Å². The molecule has 1 atom stereocenters. The Hall–Kier alpha value is -1.64. The lowest BCUT2D eigenvalue weighted by molar-refractivity contribution is 0.312. The van der Waals surface area contributed by atoms with Gasteiger partial charge in [-0.25, -0.2) is 4.79 Å². The zero-order valence-electron chi connectivity index (χ0n) is 16.9. The summed E-state index contributed by atoms with van der Waals surface area (Å²) in [5.41, 5.74) is -1.14. The van der Waals surface area contributed by atoms with E-state index in [2.05, 4.69) is 9.88 Å². The number of aromatic nitrogens is 1. The molecule has 1 aromatic heterocycles. The molecule has 0 aliphatic heterocycles. The van der Waals surface area contributed by atoms with Gasteiger partial charge in [-0.05, 0) is 32.6 Å². The first-order chi connectivity index (χ1) is 13.5. The molecule has 2 aliphatic rings. The van der Waals surface area contributed by atoms with Gasteiger partial charge in [0.1, 0.15) is 6.07 Å². The van der Waals surface area contributed by atoms with Gasteiger partial charge < -0.3 is 13.8 Å². The Labute approximate surface area is 166 Å². The fourth-order valence-electron chi connectivity index (χ4n) is 4.53. The molecule has 0 spiro atoms. The first-order valence-corrected chi connectivity index (χ1v) is 12.5. The van der Waals surface area contributed by atoms with Crippen LogP contribution in [-0.2, 0) is 9.09 Å². The smallest absolute Gasteiger partial charge is 0.359 e. The molecule has 0 aromatic carbocycles. The monoisotopic (exact) mass is 407 g/mol. The summed E-state index contributed by atoms with van der Waals surface area (Å²) in [6.07, 6.45) is 11.2. The van der Waals surface area contributed by atoms with Gasteiger partial charge in [0.2, 0.25) is 7.37 Å². The Morgan fingerprint density at radius 2 is 1.68 bits per heavy atom. The van der Waals surface area contributed by atoms with Gasteiger partial charge in [-0.15, -0.1) is 0 Å². The van der Waals surface area contributed by atoms with Crippen LogP contribution in [0, 0.1) is 11.3 Å². The third kappa shape index (κ3) is 4.50. The van der Waals surface area contributed by atoms with Gasteiger partial charge in [0.25, 0.3) is 0 Å². The lowest BCUT2D eigenvalue weighted by Gasteiger charge is -2.41. The predicted octanol–water partition coefficient (Wildman–Crippen LogP) is 3.95. The second kappa shape index (κ2) is 9.24. The van der Waals surface area contributed by atoms with Crippen LogP contribution in [0.15, 0.2) is 9.21 Å². The average Bonchev–Trinajstić information content (AvgIpc) is 2.69. The van der Waals surface area contributed by atoms with Gasteiger partial charge in [-0.3, -0.25) is 4.57 Å². The van der Waals surface area contributed by atoms with Gasteiger partial charge in [-0.2, -0.15) is 10.2 Å². The highest BCUT2D eigenvalue weighted by Gasteiger charge is 2.35. The fraction of sp³-hybridized carbons (Fsp3) is 0.750. The molecule has 1 aromatic rings. The van der Waals surface area contributed by atoms with Crippen LogP contribution in [0.3, 0.4) is 0 Å². The standard InChI is InChI=1S/C20H30N3O4P/c1-3-26-28(2,25)18-17(14-21)19(24)27-20(22-18)23(15-10-6-4-7-11-15)16-12-8-5-9-13-16/h15-16H,3-13H2,1-2H3. The fourth-order valence-corrected chi connectivity index (χ4v) is 5.96. The van der Waals surface area contributed by atoms with Crippen molar-refractivity contribution >= 4 is 18.8 Å². The molecule has 0 bridgehead atoms. The van der Waals surface area contributed by atoms with E-state index in [9.17, 15) is 14.6 Å². The Morgan fingerprint density at radius 3 is 2.14 bits per heavy atom. The Kier molecular flexibility index (Phi) is 6.95. The summed E-state index contributed by atoms with van der Waals surface area (Å²) in [5.74, 6) is 0. The first-order valence-electron chi connectivity index (χ1n) is 10.4. The van der Waals surface area contributed by atoms with Crippen LogP contribution in [0.5, 0.6) is 0 Å². The summed E-state index contributed by atoms with van der Waals surface area (Å²) in [6.45, 7) is 3.35. The van der Waals surface area contributed by atoms with Crippen LogP contribution in [0.2, 0.25) is 0 Å². The molecule has 0 saturated heterocycles. The van der Waals surface area contributed by atoms with Crippen molar-refractivity contribution in [3.05, 3.63) is 16.0 Å². The first kappa shape index (κ1) is 21.1. The van der Waals surface area contributed by atoms with E-state index < -0.39 is 13.0 Å². The molecule has 2 aliphatic carbocycles. The molecule has 154 valence electrons. The van der Waals surface area contributed by atoms with E-state index in [1.807, 2.05) is 6.07 Å². The Morgan fingerprint density at radius 1 is 1.14 bits per heavy atom. The van der Waals surface area contributed by atoms with Crippen molar-refractivity contribution in [3.8, 4) is 6.07 Å². The maximum atomic E-state index is 13.0. The van der Waals surface area contributed by atoms with Crippen LogP contribution < -0.4 is 16.0 Å². The zero-order valence-corrected chi connectivity index (χ0v) is 17.7. The maximum Gasteiger partial charge on any atom is 0.359 e. The quantitative estimate of drug-likeness (QED) is 0.659. The number of rotatable bonds is 6. The summed E-state index contributed by atoms with van der Waals surface area (Å²) in [7, 11) is -3.39. The van der Waals surface area contributed by atoms with E-state index in [1.165, 1.54) is 19.5 Å². The van der Waals surface area contributed by atoms with E-state index in [4.69, 9.17) is 8.94 Å². The molecule has 8 heteroatoms. The van der Waals surface area contributed by atoms with Gasteiger partial charge in [0, 0.05) is 18.7 Å². The molecule has 1 heterocycles. The minimum absolute atomic E-state index is 0.0558. The number of hydrogen-bond acceptors (Lipinski definition) is 7. The molecule has 0 radical (unpaired) electrons. The van der Waals surface area contributed by atoms with Crippen molar-refractivity contribution in [3.63, 3.8) is 0 Å². The molecule has 1 unspecified atom stereocenters.